The summed E-state index contributed by atoms with van der Waals surface area (Å²) in [4.78, 5) is 25.5. The Balaban J connectivity index is 1.82. The number of piperidine rings is 1. The Bertz CT molecular complexity index is 454. The molecule has 1 aliphatic heterocycles. The summed E-state index contributed by atoms with van der Waals surface area (Å²) in [5.74, 6) is 0.670. The molecule has 1 aliphatic rings. The van der Waals surface area contributed by atoms with Crippen molar-refractivity contribution in [1.82, 2.24) is 15.6 Å². The number of thiazole rings is 1. The van der Waals surface area contributed by atoms with E-state index >= 15 is 0 Å². The molecule has 1 saturated heterocycles. The van der Waals surface area contributed by atoms with Gasteiger partial charge in [0.2, 0.25) is 5.91 Å². The van der Waals surface area contributed by atoms with Crippen molar-refractivity contribution in [2.75, 3.05) is 6.54 Å². The molecule has 3 N–H and O–H groups in total. The second-order valence-corrected chi connectivity index (χ2v) is 5.54. The number of H-pyrrole nitrogens is 1. The van der Waals surface area contributed by atoms with E-state index in [2.05, 4.69) is 22.5 Å². The first-order chi connectivity index (χ1) is 8.69. The Kier molecular flexibility index (Phi) is 4.54. The molecule has 0 spiro atoms. The van der Waals surface area contributed by atoms with Crippen LogP contribution in [0.3, 0.4) is 0 Å². The molecule has 1 fully saturated rings. The largest absolute Gasteiger partial charge is 0.349 e. The number of carbonyl (C=O) groups is 1. The third kappa shape index (κ3) is 3.43. The lowest BCUT2D eigenvalue weighted by Gasteiger charge is -2.28. The van der Waals surface area contributed by atoms with Crippen LogP contribution < -0.4 is 15.5 Å². The second kappa shape index (κ2) is 6.15. The number of aromatic nitrogens is 1. The Morgan fingerprint density at radius 3 is 3.11 bits per heavy atom. The highest BCUT2D eigenvalue weighted by atomic mass is 32.1. The van der Waals surface area contributed by atoms with Crippen molar-refractivity contribution in [3.05, 3.63) is 20.7 Å². The van der Waals surface area contributed by atoms with Crippen molar-refractivity contribution in [3.8, 4) is 0 Å². The monoisotopic (exact) mass is 269 g/mol. The number of aromatic amines is 1. The van der Waals surface area contributed by atoms with Crippen LogP contribution in [0.25, 0.3) is 0 Å². The van der Waals surface area contributed by atoms with E-state index in [9.17, 15) is 9.59 Å². The van der Waals surface area contributed by atoms with Gasteiger partial charge in [-0.25, -0.2) is 0 Å². The minimum atomic E-state index is -0.0888. The van der Waals surface area contributed by atoms with E-state index in [1.54, 1.807) is 5.38 Å². The van der Waals surface area contributed by atoms with Crippen LogP contribution in [0.1, 0.15) is 31.9 Å². The maximum absolute atomic E-state index is 12.0. The fourth-order valence-corrected chi connectivity index (χ4v) is 2.85. The molecule has 100 valence electrons. The standard InChI is InChI=1S/C12H19N3O2S/c1-2-8-3-4-13-10(5-8)11(16)14-6-9-7-18-12(17)15-9/h7-8,10,13H,2-6H2,1H3,(H,14,16)(H,15,17). The van der Waals surface area contributed by atoms with Gasteiger partial charge in [0, 0.05) is 11.1 Å². The van der Waals surface area contributed by atoms with Gasteiger partial charge in [0.1, 0.15) is 0 Å². The van der Waals surface area contributed by atoms with Gasteiger partial charge in [0.15, 0.2) is 0 Å². The zero-order valence-corrected chi connectivity index (χ0v) is 11.3. The van der Waals surface area contributed by atoms with Gasteiger partial charge in [0.05, 0.1) is 12.6 Å². The van der Waals surface area contributed by atoms with E-state index < -0.39 is 0 Å². The van der Waals surface area contributed by atoms with Crippen LogP contribution in [0, 0.1) is 5.92 Å². The van der Waals surface area contributed by atoms with E-state index in [0.29, 0.717) is 12.5 Å². The molecule has 2 unspecified atom stereocenters. The molecule has 1 amide bonds. The van der Waals surface area contributed by atoms with E-state index in [1.165, 1.54) is 0 Å². The van der Waals surface area contributed by atoms with E-state index in [0.717, 1.165) is 42.8 Å². The maximum atomic E-state index is 12.0. The molecule has 1 aromatic heterocycles. The molecule has 2 atom stereocenters. The van der Waals surface area contributed by atoms with Gasteiger partial charge in [-0.3, -0.25) is 9.59 Å². The molecule has 1 aromatic rings. The Hall–Kier alpha value is -1.14. The summed E-state index contributed by atoms with van der Waals surface area (Å²) in [6, 6.07) is -0.0888. The van der Waals surface area contributed by atoms with Crippen LogP contribution >= 0.6 is 11.3 Å². The van der Waals surface area contributed by atoms with Gasteiger partial charge in [-0.15, -0.1) is 0 Å². The predicted octanol–water partition coefficient (Wildman–Crippen LogP) is 0.831. The average Bonchev–Trinajstić information content (AvgIpc) is 2.82. The van der Waals surface area contributed by atoms with Gasteiger partial charge in [-0.2, -0.15) is 0 Å². The van der Waals surface area contributed by atoms with Crippen molar-refractivity contribution in [1.29, 1.82) is 0 Å². The van der Waals surface area contributed by atoms with Crippen LogP contribution in [0.15, 0.2) is 10.2 Å². The van der Waals surface area contributed by atoms with Crippen molar-refractivity contribution in [3.63, 3.8) is 0 Å². The Morgan fingerprint density at radius 1 is 1.61 bits per heavy atom. The highest BCUT2D eigenvalue weighted by Gasteiger charge is 2.25. The Morgan fingerprint density at radius 2 is 2.44 bits per heavy atom. The summed E-state index contributed by atoms with van der Waals surface area (Å²) >= 11 is 1.12. The van der Waals surface area contributed by atoms with E-state index in [4.69, 9.17) is 0 Å². The fourth-order valence-electron chi connectivity index (χ4n) is 2.27. The van der Waals surface area contributed by atoms with Gasteiger partial charge in [-0.05, 0) is 25.3 Å². The predicted molar refractivity (Wildman–Crippen MR) is 71.6 cm³/mol. The fraction of sp³-hybridized carbons (Fsp3) is 0.667. The van der Waals surface area contributed by atoms with Crippen LogP contribution in [-0.2, 0) is 11.3 Å². The smallest absolute Gasteiger partial charge is 0.304 e. The molecule has 5 nitrogen and oxygen atoms in total. The van der Waals surface area contributed by atoms with Crippen molar-refractivity contribution in [2.24, 2.45) is 5.92 Å². The molecule has 6 heteroatoms. The summed E-state index contributed by atoms with van der Waals surface area (Å²) in [7, 11) is 0. The lowest BCUT2D eigenvalue weighted by Crippen LogP contribution is -2.48. The van der Waals surface area contributed by atoms with Crippen LogP contribution in [-0.4, -0.2) is 23.5 Å². The van der Waals surface area contributed by atoms with Crippen molar-refractivity contribution in [2.45, 2.75) is 38.8 Å². The minimum Gasteiger partial charge on any atom is -0.349 e. The first-order valence-electron chi connectivity index (χ1n) is 6.36. The SMILES string of the molecule is CCC1CCNC(C(=O)NCc2csc(=O)[nH]2)C1. The van der Waals surface area contributed by atoms with Crippen molar-refractivity contribution < 1.29 is 4.79 Å². The minimum absolute atomic E-state index is 0.0280. The van der Waals surface area contributed by atoms with E-state index in [-0.39, 0.29) is 16.8 Å². The summed E-state index contributed by atoms with van der Waals surface area (Å²) in [5, 5.41) is 7.85. The third-order valence-electron chi connectivity index (χ3n) is 3.43. The number of nitrogens with one attached hydrogen (secondary N) is 3. The lowest BCUT2D eigenvalue weighted by atomic mass is 9.90. The summed E-state index contributed by atoms with van der Waals surface area (Å²) in [5.41, 5.74) is 0.765. The highest BCUT2D eigenvalue weighted by Crippen LogP contribution is 2.19. The number of rotatable bonds is 4. The molecule has 2 rings (SSSR count). The average molecular weight is 269 g/mol. The second-order valence-electron chi connectivity index (χ2n) is 4.70. The Labute approximate surface area is 110 Å². The van der Waals surface area contributed by atoms with Gasteiger partial charge >= 0.3 is 4.87 Å². The number of hydrogen-bond donors (Lipinski definition) is 3. The zero-order valence-electron chi connectivity index (χ0n) is 10.5. The van der Waals surface area contributed by atoms with Crippen LogP contribution in [0.4, 0.5) is 0 Å². The van der Waals surface area contributed by atoms with Crippen molar-refractivity contribution >= 4 is 17.2 Å². The van der Waals surface area contributed by atoms with Gasteiger partial charge < -0.3 is 15.6 Å². The quantitative estimate of drug-likeness (QED) is 0.758. The first-order valence-corrected chi connectivity index (χ1v) is 7.24. The summed E-state index contributed by atoms with van der Waals surface area (Å²) in [6.45, 7) is 3.47. The van der Waals surface area contributed by atoms with Gasteiger partial charge in [0.25, 0.3) is 0 Å². The third-order valence-corrected chi connectivity index (χ3v) is 4.15. The first kappa shape index (κ1) is 13.3. The molecule has 0 aromatic carbocycles. The molecule has 18 heavy (non-hydrogen) atoms. The normalized spacial score (nSPS) is 23.8. The summed E-state index contributed by atoms with van der Waals surface area (Å²) in [6.07, 6.45) is 3.18. The molecule has 0 radical (unpaired) electrons. The molecule has 0 aliphatic carbocycles. The summed E-state index contributed by atoms with van der Waals surface area (Å²) < 4.78 is 0. The van der Waals surface area contributed by atoms with Crippen LogP contribution in [0.2, 0.25) is 0 Å². The number of carbonyl (C=O) groups excluding carboxylic acids is 1. The number of amides is 1. The number of hydrogen-bond acceptors (Lipinski definition) is 4. The zero-order chi connectivity index (χ0) is 13.0. The van der Waals surface area contributed by atoms with E-state index in [1.807, 2.05) is 0 Å². The topological polar surface area (TPSA) is 74.0 Å². The van der Waals surface area contributed by atoms with Crippen LogP contribution in [0.5, 0.6) is 0 Å². The maximum Gasteiger partial charge on any atom is 0.304 e. The molecule has 0 bridgehead atoms. The lowest BCUT2D eigenvalue weighted by molar-refractivity contribution is -0.124. The highest BCUT2D eigenvalue weighted by molar-refractivity contribution is 7.07. The molecule has 0 saturated carbocycles. The van der Waals surface area contributed by atoms with Gasteiger partial charge in [-0.1, -0.05) is 24.7 Å². The molecule has 2 heterocycles. The molecular weight excluding hydrogens is 250 g/mol. The molecular formula is C12H19N3O2S.